The summed E-state index contributed by atoms with van der Waals surface area (Å²) in [6, 6.07) is 4.09. The van der Waals surface area contributed by atoms with E-state index in [1.165, 1.54) is 0 Å². The van der Waals surface area contributed by atoms with Crippen molar-refractivity contribution < 1.29 is 24.2 Å². The molecular weight excluding hydrogens is 262 g/mol. The molecule has 6 nitrogen and oxygen atoms in total. The molecule has 0 bridgehead atoms. The Kier molecular flexibility index (Phi) is 4.45. The van der Waals surface area contributed by atoms with Crippen LogP contribution in [-0.4, -0.2) is 36.2 Å². The van der Waals surface area contributed by atoms with Gasteiger partial charge in [-0.25, -0.2) is 4.79 Å². The van der Waals surface area contributed by atoms with Crippen molar-refractivity contribution in [3.8, 4) is 11.5 Å². The fraction of sp³-hybridized carbons (Fsp3) is 0.429. The summed E-state index contributed by atoms with van der Waals surface area (Å²) in [4.78, 5) is 23.3. The minimum atomic E-state index is -1.04. The fourth-order valence-corrected chi connectivity index (χ4v) is 2.03. The van der Waals surface area contributed by atoms with Crippen LogP contribution in [0.5, 0.6) is 11.5 Å². The molecule has 20 heavy (non-hydrogen) atoms. The summed E-state index contributed by atoms with van der Waals surface area (Å²) < 4.78 is 10.8. The van der Waals surface area contributed by atoms with Gasteiger partial charge in [0, 0.05) is 0 Å². The number of carbonyl (C=O) groups excluding carboxylic acids is 1. The van der Waals surface area contributed by atoms with Crippen molar-refractivity contribution in [3.63, 3.8) is 0 Å². The third kappa shape index (κ3) is 3.01. The molecule has 0 radical (unpaired) electrons. The summed E-state index contributed by atoms with van der Waals surface area (Å²) in [5.74, 6) is -0.626. The molecule has 0 saturated heterocycles. The maximum Gasteiger partial charge on any atom is 0.326 e. The molecule has 1 heterocycles. The van der Waals surface area contributed by atoms with Gasteiger partial charge in [0.25, 0.3) is 5.91 Å². The smallest absolute Gasteiger partial charge is 0.326 e. The zero-order valence-electron chi connectivity index (χ0n) is 11.2. The van der Waals surface area contributed by atoms with Gasteiger partial charge in [-0.15, -0.1) is 0 Å². The van der Waals surface area contributed by atoms with Gasteiger partial charge < -0.3 is 19.9 Å². The number of para-hydroxylation sites is 1. The number of nitrogens with one attached hydrogen (secondary N) is 1. The lowest BCUT2D eigenvalue weighted by atomic mass is 10.1. The molecule has 1 unspecified atom stereocenters. The van der Waals surface area contributed by atoms with Crippen LogP contribution < -0.4 is 14.8 Å². The number of aliphatic carboxylic acids is 1. The molecule has 2 rings (SSSR count). The first-order valence-electron chi connectivity index (χ1n) is 6.55. The first-order valence-corrected chi connectivity index (χ1v) is 6.55. The Morgan fingerprint density at radius 2 is 2.10 bits per heavy atom. The number of amides is 1. The highest BCUT2D eigenvalue weighted by atomic mass is 16.6. The van der Waals surface area contributed by atoms with Crippen LogP contribution in [0.3, 0.4) is 0 Å². The summed E-state index contributed by atoms with van der Waals surface area (Å²) in [6.07, 6.45) is 1.05. The number of carboxylic acid groups (broad SMARTS) is 1. The number of ether oxygens (including phenoxy) is 2. The van der Waals surface area contributed by atoms with Gasteiger partial charge in [0.05, 0.1) is 5.56 Å². The summed E-state index contributed by atoms with van der Waals surface area (Å²) in [7, 11) is 0. The van der Waals surface area contributed by atoms with Crippen molar-refractivity contribution in [2.75, 3.05) is 13.2 Å². The average Bonchev–Trinajstić information content (AvgIpc) is 2.46. The van der Waals surface area contributed by atoms with E-state index in [4.69, 9.17) is 14.6 Å². The normalized spacial score (nSPS) is 14.4. The molecule has 1 aromatic carbocycles. The standard InChI is InChI=1S/C14H17NO5/c1-2-4-10(14(17)18)15-13(16)9-5-3-6-11-12(9)20-8-7-19-11/h3,5-6,10H,2,4,7-8H2,1H3,(H,15,16)(H,17,18). The Morgan fingerprint density at radius 3 is 2.80 bits per heavy atom. The van der Waals surface area contributed by atoms with Crippen LogP contribution in [0.4, 0.5) is 0 Å². The second-order valence-corrected chi connectivity index (χ2v) is 4.48. The summed E-state index contributed by atoms with van der Waals surface area (Å²) in [5, 5.41) is 11.6. The summed E-state index contributed by atoms with van der Waals surface area (Å²) in [6.45, 7) is 2.67. The lowest BCUT2D eigenvalue weighted by molar-refractivity contribution is -0.139. The molecule has 0 spiro atoms. The Hall–Kier alpha value is -2.24. The Bertz CT molecular complexity index is 514. The van der Waals surface area contributed by atoms with Crippen LogP contribution in [-0.2, 0) is 4.79 Å². The molecule has 0 saturated carbocycles. The molecule has 0 aromatic heterocycles. The average molecular weight is 279 g/mol. The van der Waals surface area contributed by atoms with Crippen molar-refractivity contribution in [2.45, 2.75) is 25.8 Å². The first kappa shape index (κ1) is 14.2. The first-order chi connectivity index (χ1) is 9.63. The van der Waals surface area contributed by atoms with Crippen LogP contribution in [0.15, 0.2) is 18.2 Å². The largest absolute Gasteiger partial charge is 0.486 e. The maximum absolute atomic E-state index is 12.2. The second-order valence-electron chi connectivity index (χ2n) is 4.48. The van der Waals surface area contributed by atoms with Gasteiger partial charge >= 0.3 is 5.97 Å². The van der Waals surface area contributed by atoms with Crippen LogP contribution >= 0.6 is 0 Å². The highest BCUT2D eigenvalue weighted by molar-refractivity contribution is 5.99. The number of hydrogen-bond donors (Lipinski definition) is 2. The Labute approximate surface area is 116 Å². The highest BCUT2D eigenvalue weighted by Gasteiger charge is 2.24. The van der Waals surface area contributed by atoms with Crippen LogP contribution in [0.1, 0.15) is 30.1 Å². The number of fused-ring (bicyclic) bond motifs is 1. The third-order valence-electron chi connectivity index (χ3n) is 2.99. The lowest BCUT2D eigenvalue weighted by Gasteiger charge is -2.21. The van der Waals surface area contributed by atoms with E-state index >= 15 is 0 Å². The number of carbonyl (C=O) groups is 2. The van der Waals surface area contributed by atoms with E-state index in [2.05, 4.69) is 5.32 Å². The molecule has 1 aromatic rings. The summed E-state index contributed by atoms with van der Waals surface area (Å²) >= 11 is 0. The molecule has 108 valence electrons. The van der Waals surface area contributed by atoms with Crippen molar-refractivity contribution in [2.24, 2.45) is 0 Å². The van der Waals surface area contributed by atoms with Gasteiger partial charge in [-0.1, -0.05) is 19.4 Å². The minimum absolute atomic E-state index is 0.296. The van der Waals surface area contributed by atoms with E-state index in [0.29, 0.717) is 43.1 Å². The van der Waals surface area contributed by atoms with Crippen molar-refractivity contribution in [1.82, 2.24) is 5.32 Å². The molecule has 0 aliphatic carbocycles. The van der Waals surface area contributed by atoms with Gasteiger partial charge in [0.1, 0.15) is 19.3 Å². The number of rotatable bonds is 5. The third-order valence-corrected chi connectivity index (χ3v) is 2.99. The molecule has 1 aliphatic rings. The second kappa shape index (κ2) is 6.27. The number of hydrogen-bond acceptors (Lipinski definition) is 4. The quantitative estimate of drug-likeness (QED) is 0.852. The zero-order chi connectivity index (χ0) is 14.5. The van der Waals surface area contributed by atoms with Crippen LogP contribution in [0, 0.1) is 0 Å². The predicted octanol–water partition coefficient (Wildman–Crippen LogP) is 1.44. The van der Waals surface area contributed by atoms with E-state index in [1.54, 1.807) is 18.2 Å². The molecular formula is C14H17NO5. The SMILES string of the molecule is CCCC(NC(=O)c1cccc2c1OCCO2)C(=O)O. The van der Waals surface area contributed by atoms with Gasteiger partial charge in [-0.05, 0) is 18.6 Å². The van der Waals surface area contributed by atoms with Gasteiger partial charge in [0.2, 0.25) is 0 Å². The van der Waals surface area contributed by atoms with E-state index in [-0.39, 0.29) is 0 Å². The number of carboxylic acids is 1. The number of benzene rings is 1. The maximum atomic E-state index is 12.2. The molecule has 2 N–H and O–H groups in total. The predicted molar refractivity (Wildman–Crippen MR) is 71.2 cm³/mol. The van der Waals surface area contributed by atoms with Crippen molar-refractivity contribution >= 4 is 11.9 Å². The highest BCUT2D eigenvalue weighted by Crippen LogP contribution is 2.33. The van der Waals surface area contributed by atoms with Crippen molar-refractivity contribution in [3.05, 3.63) is 23.8 Å². The molecule has 1 amide bonds. The zero-order valence-corrected chi connectivity index (χ0v) is 11.2. The van der Waals surface area contributed by atoms with E-state index in [9.17, 15) is 9.59 Å². The van der Waals surface area contributed by atoms with Crippen LogP contribution in [0.2, 0.25) is 0 Å². The lowest BCUT2D eigenvalue weighted by Crippen LogP contribution is -2.40. The van der Waals surface area contributed by atoms with Gasteiger partial charge in [0.15, 0.2) is 11.5 Å². The van der Waals surface area contributed by atoms with Crippen molar-refractivity contribution in [1.29, 1.82) is 0 Å². The minimum Gasteiger partial charge on any atom is -0.486 e. The molecule has 0 fully saturated rings. The molecule has 6 heteroatoms. The van der Waals surface area contributed by atoms with E-state index < -0.39 is 17.9 Å². The van der Waals surface area contributed by atoms with Gasteiger partial charge in [-0.2, -0.15) is 0 Å². The molecule has 1 atom stereocenters. The van der Waals surface area contributed by atoms with E-state index in [1.807, 2.05) is 6.92 Å². The Balaban J connectivity index is 2.19. The Morgan fingerprint density at radius 1 is 1.35 bits per heavy atom. The van der Waals surface area contributed by atoms with Gasteiger partial charge in [-0.3, -0.25) is 4.79 Å². The van der Waals surface area contributed by atoms with E-state index in [0.717, 1.165) is 0 Å². The van der Waals surface area contributed by atoms with Crippen LogP contribution in [0.25, 0.3) is 0 Å². The molecule has 1 aliphatic heterocycles. The fourth-order valence-electron chi connectivity index (χ4n) is 2.03. The topological polar surface area (TPSA) is 84.9 Å². The summed E-state index contributed by atoms with van der Waals surface area (Å²) in [5.41, 5.74) is 0.296. The monoisotopic (exact) mass is 279 g/mol.